The molecule has 17 heavy (non-hydrogen) atoms. The third kappa shape index (κ3) is 2.40. The Bertz CT molecular complexity index is 388. The van der Waals surface area contributed by atoms with Crippen molar-refractivity contribution >= 4 is 11.5 Å². The van der Waals surface area contributed by atoms with Crippen molar-refractivity contribution < 1.29 is 14.6 Å². The van der Waals surface area contributed by atoms with E-state index in [1.165, 1.54) is 13.4 Å². The molecule has 1 aliphatic rings. The molecular weight excluding hydrogens is 224 g/mol. The number of aliphatic hydroxyl groups excluding tert-OH is 1. The van der Waals surface area contributed by atoms with Crippen LogP contribution in [0.5, 0.6) is 5.88 Å². The third-order valence-corrected chi connectivity index (χ3v) is 2.66. The number of hydrogen-bond acceptors (Lipinski definition) is 7. The standard InChI is InChI=1S/C10H16N4O3/c1-16-10-8(11)9(12-6-13-10)14-2-3-17-7(4-14)5-15/h6-7,15H,2-5,11H2,1H3. The molecule has 2 heterocycles. The van der Waals surface area contributed by atoms with Gasteiger partial charge >= 0.3 is 0 Å². The quantitative estimate of drug-likeness (QED) is 0.719. The van der Waals surface area contributed by atoms with Crippen molar-refractivity contribution in [2.24, 2.45) is 0 Å². The number of nitrogens with zero attached hydrogens (tertiary/aromatic N) is 3. The van der Waals surface area contributed by atoms with E-state index in [0.29, 0.717) is 37.1 Å². The van der Waals surface area contributed by atoms with Gasteiger partial charge in [-0.2, -0.15) is 4.98 Å². The summed E-state index contributed by atoms with van der Waals surface area (Å²) in [5.74, 6) is 0.987. The van der Waals surface area contributed by atoms with Crippen molar-refractivity contribution in [3.05, 3.63) is 6.33 Å². The van der Waals surface area contributed by atoms with Gasteiger partial charge in [0.15, 0.2) is 5.82 Å². The lowest BCUT2D eigenvalue weighted by Gasteiger charge is -2.33. The number of nitrogens with two attached hydrogens (primary N) is 1. The third-order valence-electron chi connectivity index (χ3n) is 2.66. The Balaban J connectivity index is 2.21. The maximum absolute atomic E-state index is 9.09. The maximum atomic E-state index is 9.09. The lowest BCUT2D eigenvalue weighted by atomic mass is 10.2. The van der Waals surface area contributed by atoms with E-state index in [1.807, 2.05) is 4.90 Å². The second-order valence-electron chi connectivity index (χ2n) is 3.74. The fourth-order valence-electron chi connectivity index (χ4n) is 1.81. The number of hydrogen-bond donors (Lipinski definition) is 2. The van der Waals surface area contributed by atoms with Crippen molar-refractivity contribution in [3.63, 3.8) is 0 Å². The summed E-state index contributed by atoms with van der Waals surface area (Å²) in [5, 5.41) is 9.09. The van der Waals surface area contributed by atoms with Crippen LogP contribution in [0.4, 0.5) is 11.5 Å². The molecule has 0 saturated carbocycles. The van der Waals surface area contributed by atoms with Gasteiger partial charge in [-0.1, -0.05) is 0 Å². The van der Waals surface area contributed by atoms with Crippen LogP contribution in [0.3, 0.4) is 0 Å². The molecule has 1 aliphatic heterocycles. The molecule has 0 aliphatic carbocycles. The highest BCUT2D eigenvalue weighted by atomic mass is 16.5. The zero-order valence-corrected chi connectivity index (χ0v) is 9.67. The van der Waals surface area contributed by atoms with Crippen LogP contribution in [0.1, 0.15) is 0 Å². The lowest BCUT2D eigenvalue weighted by molar-refractivity contribution is 0.00338. The zero-order valence-electron chi connectivity index (χ0n) is 9.67. The van der Waals surface area contributed by atoms with Crippen LogP contribution in [0.15, 0.2) is 6.33 Å². The summed E-state index contributed by atoms with van der Waals surface area (Å²) in [4.78, 5) is 10.0. The van der Waals surface area contributed by atoms with Crippen molar-refractivity contribution in [1.82, 2.24) is 9.97 Å². The SMILES string of the molecule is COc1ncnc(N2CCOC(CO)C2)c1N. The predicted octanol–water partition coefficient (Wildman–Crippen LogP) is -0.735. The Morgan fingerprint density at radius 3 is 3.18 bits per heavy atom. The summed E-state index contributed by atoms with van der Waals surface area (Å²) in [6.45, 7) is 1.76. The summed E-state index contributed by atoms with van der Waals surface area (Å²) >= 11 is 0. The van der Waals surface area contributed by atoms with Crippen molar-refractivity contribution in [2.45, 2.75) is 6.10 Å². The first-order valence-corrected chi connectivity index (χ1v) is 5.38. The first-order chi connectivity index (χ1) is 8.26. The Morgan fingerprint density at radius 1 is 1.65 bits per heavy atom. The second-order valence-corrected chi connectivity index (χ2v) is 3.74. The highest BCUT2D eigenvalue weighted by Gasteiger charge is 2.23. The highest BCUT2D eigenvalue weighted by Crippen LogP contribution is 2.28. The molecule has 1 saturated heterocycles. The minimum atomic E-state index is -0.205. The van der Waals surface area contributed by atoms with Gasteiger partial charge in [0.25, 0.3) is 0 Å². The van der Waals surface area contributed by atoms with Gasteiger partial charge in [0, 0.05) is 13.1 Å². The molecular formula is C10H16N4O3. The number of methoxy groups -OCH3 is 1. The molecule has 0 aromatic carbocycles. The number of morpholine rings is 1. The highest BCUT2D eigenvalue weighted by molar-refractivity contribution is 5.67. The topological polar surface area (TPSA) is 93.7 Å². The van der Waals surface area contributed by atoms with Gasteiger partial charge in [-0.3, -0.25) is 0 Å². The van der Waals surface area contributed by atoms with E-state index in [0.717, 1.165) is 0 Å². The van der Waals surface area contributed by atoms with Crippen molar-refractivity contribution in [3.8, 4) is 5.88 Å². The molecule has 94 valence electrons. The molecule has 0 bridgehead atoms. The van der Waals surface area contributed by atoms with Gasteiger partial charge in [-0.05, 0) is 0 Å². The smallest absolute Gasteiger partial charge is 0.242 e. The molecule has 1 unspecified atom stereocenters. The molecule has 7 heteroatoms. The number of ether oxygens (including phenoxy) is 2. The van der Waals surface area contributed by atoms with Gasteiger partial charge in [-0.25, -0.2) is 4.98 Å². The first-order valence-electron chi connectivity index (χ1n) is 5.38. The minimum absolute atomic E-state index is 0.0153. The Labute approximate surface area is 99.2 Å². The fourth-order valence-corrected chi connectivity index (χ4v) is 1.81. The number of nitrogen functional groups attached to an aromatic ring is 1. The van der Waals surface area contributed by atoms with Gasteiger partial charge in [0.1, 0.15) is 12.0 Å². The molecule has 2 rings (SSSR count). The summed E-state index contributed by atoms with van der Waals surface area (Å²) in [5.41, 5.74) is 6.33. The molecule has 1 aromatic heterocycles. The molecule has 1 fully saturated rings. The molecule has 7 nitrogen and oxygen atoms in total. The molecule has 3 N–H and O–H groups in total. The number of aliphatic hydroxyl groups is 1. The number of rotatable bonds is 3. The average Bonchev–Trinajstić information content (AvgIpc) is 2.39. The Morgan fingerprint density at radius 2 is 2.47 bits per heavy atom. The van der Waals surface area contributed by atoms with Gasteiger partial charge in [-0.15, -0.1) is 0 Å². The van der Waals surface area contributed by atoms with E-state index in [4.69, 9.17) is 20.3 Å². The first kappa shape index (κ1) is 11.9. The van der Waals surface area contributed by atoms with Crippen LogP contribution in [-0.4, -0.2) is 54.6 Å². The number of anilines is 2. The van der Waals surface area contributed by atoms with Gasteiger partial charge in [0.05, 0.1) is 26.4 Å². The van der Waals surface area contributed by atoms with Crippen molar-refractivity contribution in [2.75, 3.05) is 44.0 Å². The monoisotopic (exact) mass is 240 g/mol. The fraction of sp³-hybridized carbons (Fsp3) is 0.600. The average molecular weight is 240 g/mol. The van der Waals surface area contributed by atoms with Crippen LogP contribution in [0.25, 0.3) is 0 Å². The molecule has 0 spiro atoms. The summed E-state index contributed by atoms with van der Waals surface area (Å²) < 4.78 is 10.4. The largest absolute Gasteiger partial charge is 0.479 e. The summed E-state index contributed by atoms with van der Waals surface area (Å²) in [6, 6.07) is 0. The zero-order chi connectivity index (χ0) is 12.3. The molecule has 1 aromatic rings. The number of aromatic nitrogens is 2. The van der Waals surface area contributed by atoms with Crippen LogP contribution in [-0.2, 0) is 4.74 Å². The van der Waals surface area contributed by atoms with Gasteiger partial charge in [0.2, 0.25) is 5.88 Å². The minimum Gasteiger partial charge on any atom is -0.479 e. The van der Waals surface area contributed by atoms with Crippen LogP contribution in [0.2, 0.25) is 0 Å². The second kappa shape index (κ2) is 5.15. The predicted molar refractivity (Wildman–Crippen MR) is 62.0 cm³/mol. The van der Waals surface area contributed by atoms with Crippen LogP contribution >= 0.6 is 0 Å². The van der Waals surface area contributed by atoms with E-state index in [1.54, 1.807) is 0 Å². The molecule has 0 amide bonds. The molecule has 1 atom stereocenters. The normalized spacial score (nSPS) is 20.4. The van der Waals surface area contributed by atoms with Crippen molar-refractivity contribution in [1.29, 1.82) is 0 Å². The Hall–Kier alpha value is -1.60. The van der Waals surface area contributed by atoms with Crippen LogP contribution in [0, 0.1) is 0 Å². The van der Waals surface area contributed by atoms with E-state index >= 15 is 0 Å². The lowest BCUT2D eigenvalue weighted by Crippen LogP contribution is -2.44. The summed E-state index contributed by atoms with van der Waals surface area (Å²) in [6.07, 6.45) is 1.21. The van der Waals surface area contributed by atoms with E-state index < -0.39 is 0 Å². The molecule has 0 radical (unpaired) electrons. The van der Waals surface area contributed by atoms with E-state index in [9.17, 15) is 0 Å². The Kier molecular flexibility index (Phi) is 3.60. The van der Waals surface area contributed by atoms with Crippen LogP contribution < -0.4 is 15.4 Å². The van der Waals surface area contributed by atoms with Gasteiger partial charge < -0.3 is 25.2 Å². The summed E-state index contributed by atoms with van der Waals surface area (Å²) in [7, 11) is 1.51. The van der Waals surface area contributed by atoms with E-state index in [-0.39, 0.29) is 12.7 Å². The maximum Gasteiger partial charge on any atom is 0.242 e. The van der Waals surface area contributed by atoms with E-state index in [2.05, 4.69) is 9.97 Å².